The fraction of sp³-hybridized carbons (Fsp3) is 0.812. The number of hydrogen-bond acceptors (Lipinski definition) is 5. The highest BCUT2D eigenvalue weighted by molar-refractivity contribution is 7.11. The van der Waals surface area contributed by atoms with Gasteiger partial charge in [0.25, 0.3) is 0 Å². The summed E-state index contributed by atoms with van der Waals surface area (Å²) in [6.07, 6.45) is 3.79. The second kappa shape index (κ2) is 7.57. The smallest absolute Gasteiger partial charge is 0.317 e. The van der Waals surface area contributed by atoms with E-state index in [4.69, 9.17) is 0 Å². The van der Waals surface area contributed by atoms with Gasteiger partial charge >= 0.3 is 6.03 Å². The molecule has 0 aliphatic carbocycles. The van der Waals surface area contributed by atoms with Crippen LogP contribution in [0.15, 0.2) is 0 Å². The number of carbonyl (C=O) groups excluding carboxylic acids is 1. The van der Waals surface area contributed by atoms with E-state index in [1.807, 2.05) is 4.90 Å². The van der Waals surface area contributed by atoms with Crippen molar-refractivity contribution in [2.45, 2.75) is 45.6 Å². The van der Waals surface area contributed by atoms with Crippen LogP contribution in [0.1, 0.15) is 49.0 Å². The topological polar surface area (TPSA) is 61.4 Å². The van der Waals surface area contributed by atoms with Crippen molar-refractivity contribution >= 4 is 17.4 Å². The molecule has 2 fully saturated rings. The molecule has 0 spiro atoms. The summed E-state index contributed by atoms with van der Waals surface area (Å²) >= 11 is 1.59. The monoisotopic (exact) mass is 337 g/mol. The number of carbonyl (C=O) groups is 1. The standard InChI is InChI=1S/C16H27N5OS/c1-12(2)15-19-18-14(23-15)9-17-16(22)21-8-5-13(11-21)10-20-6-3-4-7-20/h12-13H,3-11H2,1-2H3,(H,17,22)/t13-/m0/s1. The number of nitrogens with zero attached hydrogens (tertiary/aromatic N) is 4. The maximum absolute atomic E-state index is 12.3. The van der Waals surface area contributed by atoms with Gasteiger partial charge < -0.3 is 15.1 Å². The fourth-order valence-corrected chi connectivity index (χ4v) is 4.12. The van der Waals surface area contributed by atoms with Gasteiger partial charge in [-0.3, -0.25) is 0 Å². The van der Waals surface area contributed by atoms with Crippen molar-refractivity contribution in [1.29, 1.82) is 0 Å². The molecule has 2 aliphatic heterocycles. The first kappa shape index (κ1) is 16.6. The summed E-state index contributed by atoms with van der Waals surface area (Å²) in [5.74, 6) is 1.02. The number of hydrogen-bond donors (Lipinski definition) is 1. The summed E-state index contributed by atoms with van der Waals surface area (Å²) < 4.78 is 0. The largest absolute Gasteiger partial charge is 0.331 e. The lowest BCUT2D eigenvalue weighted by molar-refractivity contribution is 0.203. The SMILES string of the molecule is CC(C)c1nnc(CNC(=O)N2CC[C@@H](CN3CCCC3)C2)s1. The first-order valence-electron chi connectivity index (χ1n) is 8.69. The summed E-state index contributed by atoms with van der Waals surface area (Å²) in [5.41, 5.74) is 0. The van der Waals surface area contributed by atoms with Crippen molar-refractivity contribution in [2.75, 3.05) is 32.7 Å². The van der Waals surface area contributed by atoms with Gasteiger partial charge in [-0.15, -0.1) is 10.2 Å². The summed E-state index contributed by atoms with van der Waals surface area (Å²) in [4.78, 5) is 16.8. The molecule has 0 saturated carbocycles. The molecule has 0 radical (unpaired) electrons. The Hall–Kier alpha value is -1.21. The maximum atomic E-state index is 12.3. The zero-order chi connectivity index (χ0) is 16.2. The van der Waals surface area contributed by atoms with Gasteiger partial charge in [0, 0.05) is 25.6 Å². The zero-order valence-electron chi connectivity index (χ0n) is 14.1. The van der Waals surface area contributed by atoms with E-state index in [1.54, 1.807) is 11.3 Å². The molecule has 1 aromatic heterocycles. The van der Waals surface area contributed by atoms with Crippen LogP contribution in [-0.4, -0.2) is 58.8 Å². The van der Waals surface area contributed by atoms with E-state index >= 15 is 0 Å². The van der Waals surface area contributed by atoms with Crippen LogP contribution in [0.4, 0.5) is 4.79 Å². The molecule has 1 N–H and O–H groups in total. The normalized spacial score (nSPS) is 22.2. The number of rotatable bonds is 5. The molecule has 6 nitrogen and oxygen atoms in total. The van der Waals surface area contributed by atoms with Crippen molar-refractivity contribution in [3.63, 3.8) is 0 Å². The average molecular weight is 337 g/mol. The molecule has 0 bridgehead atoms. The van der Waals surface area contributed by atoms with Crippen molar-refractivity contribution in [3.8, 4) is 0 Å². The first-order valence-corrected chi connectivity index (χ1v) is 9.51. The molecule has 23 heavy (non-hydrogen) atoms. The number of likely N-dealkylation sites (tertiary alicyclic amines) is 2. The first-order chi connectivity index (χ1) is 11.1. The van der Waals surface area contributed by atoms with Crippen molar-refractivity contribution < 1.29 is 4.79 Å². The van der Waals surface area contributed by atoms with Gasteiger partial charge in [0.1, 0.15) is 10.0 Å². The molecule has 3 heterocycles. The number of amides is 2. The van der Waals surface area contributed by atoms with Gasteiger partial charge in [-0.05, 0) is 38.3 Å². The minimum absolute atomic E-state index is 0.0372. The Morgan fingerprint density at radius 3 is 2.78 bits per heavy atom. The summed E-state index contributed by atoms with van der Waals surface area (Å²) in [6.45, 7) is 10.1. The Labute approximate surface area is 142 Å². The van der Waals surface area contributed by atoms with Crippen LogP contribution in [0.2, 0.25) is 0 Å². The van der Waals surface area contributed by atoms with Crippen molar-refractivity contribution in [2.24, 2.45) is 5.92 Å². The van der Waals surface area contributed by atoms with Gasteiger partial charge in [-0.2, -0.15) is 0 Å². The molecule has 0 aromatic carbocycles. The highest BCUT2D eigenvalue weighted by atomic mass is 32.1. The average Bonchev–Trinajstić information content (AvgIpc) is 3.27. The zero-order valence-corrected chi connectivity index (χ0v) is 14.9. The lowest BCUT2D eigenvalue weighted by atomic mass is 10.1. The van der Waals surface area contributed by atoms with E-state index in [-0.39, 0.29) is 6.03 Å². The molecular formula is C16H27N5OS. The highest BCUT2D eigenvalue weighted by Crippen LogP contribution is 2.21. The van der Waals surface area contributed by atoms with E-state index in [0.717, 1.165) is 36.1 Å². The van der Waals surface area contributed by atoms with Gasteiger partial charge in [0.2, 0.25) is 0 Å². The van der Waals surface area contributed by atoms with Crippen molar-refractivity contribution in [3.05, 3.63) is 10.0 Å². The highest BCUT2D eigenvalue weighted by Gasteiger charge is 2.28. The predicted molar refractivity (Wildman–Crippen MR) is 91.6 cm³/mol. The Bertz CT molecular complexity index is 526. The molecule has 128 valence electrons. The van der Waals surface area contributed by atoms with E-state index < -0.39 is 0 Å². The molecule has 1 atom stereocenters. The van der Waals surface area contributed by atoms with Crippen LogP contribution >= 0.6 is 11.3 Å². The number of nitrogens with one attached hydrogen (secondary N) is 1. The Balaban J connectivity index is 1.41. The third-order valence-corrected chi connectivity index (χ3v) is 5.88. The molecule has 2 saturated heterocycles. The van der Waals surface area contributed by atoms with Crippen LogP contribution in [-0.2, 0) is 6.54 Å². The molecule has 3 rings (SSSR count). The molecule has 1 aromatic rings. The van der Waals surface area contributed by atoms with Crippen LogP contribution in [0.5, 0.6) is 0 Å². The molecule has 0 unspecified atom stereocenters. The van der Waals surface area contributed by atoms with Crippen LogP contribution < -0.4 is 5.32 Å². The van der Waals surface area contributed by atoms with E-state index in [0.29, 0.717) is 18.4 Å². The number of aromatic nitrogens is 2. The Morgan fingerprint density at radius 1 is 1.30 bits per heavy atom. The summed E-state index contributed by atoms with van der Waals surface area (Å²) in [6, 6.07) is 0.0372. The van der Waals surface area contributed by atoms with Crippen molar-refractivity contribution in [1.82, 2.24) is 25.3 Å². The molecule has 7 heteroatoms. The summed E-state index contributed by atoms with van der Waals surface area (Å²) in [5, 5.41) is 13.2. The quantitative estimate of drug-likeness (QED) is 0.895. The van der Waals surface area contributed by atoms with E-state index in [1.165, 1.54) is 25.9 Å². The van der Waals surface area contributed by atoms with Crippen LogP contribution in [0.25, 0.3) is 0 Å². The van der Waals surface area contributed by atoms with E-state index in [2.05, 4.69) is 34.3 Å². The van der Waals surface area contributed by atoms with E-state index in [9.17, 15) is 4.79 Å². The Kier molecular flexibility index (Phi) is 5.48. The van der Waals surface area contributed by atoms with Gasteiger partial charge in [-0.25, -0.2) is 4.79 Å². The minimum atomic E-state index is 0.0372. The third kappa shape index (κ3) is 4.41. The molecular weight excluding hydrogens is 310 g/mol. The van der Waals surface area contributed by atoms with Crippen LogP contribution in [0.3, 0.4) is 0 Å². The second-order valence-corrected chi connectivity index (χ2v) is 8.05. The van der Waals surface area contributed by atoms with Gasteiger partial charge in [0.05, 0.1) is 6.54 Å². The lowest BCUT2D eigenvalue weighted by Gasteiger charge is -2.20. The van der Waals surface area contributed by atoms with Gasteiger partial charge in [-0.1, -0.05) is 25.2 Å². The number of urea groups is 1. The minimum Gasteiger partial charge on any atom is -0.331 e. The molecule has 2 amide bonds. The van der Waals surface area contributed by atoms with Gasteiger partial charge in [0.15, 0.2) is 0 Å². The predicted octanol–water partition coefficient (Wildman–Crippen LogP) is 2.29. The molecule has 2 aliphatic rings. The summed E-state index contributed by atoms with van der Waals surface area (Å²) in [7, 11) is 0. The maximum Gasteiger partial charge on any atom is 0.317 e. The third-order valence-electron chi connectivity index (χ3n) is 4.66. The van der Waals surface area contributed by atoms with Crippen LogP contribution in [0, 0.1) is 5.92 Å². The Morgan fingerprint density at radius 2 is 2.09 bits per heavy atom. The second-order valence-electron chi connectivity index (χ2n) is 6.96. The fourth-order valence-electron chi connectivity index (χ4n) is 3.33. The lowest BCUT2D eigenvalue weighted by Crippen LogP contribution is -2.38.